The van der Waals surface area contributed by atoms with Crippen LogP contribution in [0.4, 0.5) is 26.3 Å². The van der Waals surface area contributed by atoms with E-state index in [2.05, 4.69) is 10.1 Å². The van der Waals surface area contributed by atoms with Gasteiger partial charge in [-0.2, -0.15) is 13.2 Å². The fourth-order valence-corrected chi connectivity index (χ4v) is 6.53. The third-order valence-corrected chi connectivity index (χ3v) is 8.72. The van der Waals surface area contributed by atoms with Crippen molar-refractivity contribution >= 4 is 13.7 Å². The van der Waals surface area contributed by atoms with Crippen LogP contribution in [0.5, 0.6) is 11.5 Å². The number of alkyl halides is 6. The molecule has 52 heavy (non-hydrogen) atoms. The maximum atomic E-state index is 14.2. The standard InChI is InChI=1S/C36H52F6NO8P/c1-31(2,3)47-23-30(44)43-34(10,24-48-52(45,50-32(4,5)6)51-33(7,8)9)20-19-26-15-18-29(28(22-26)35(37,38)39)46-21-11-12-25-13-16-27(17-14-25)49-36(40,41)42/h13-18,22H,11-12,19-21,23-24H2,1-10H3,(H,43,44). The number of aryl methyl sites for hydroxylation is 2. The molecule has 2 aromatic carbocycles. The van der Waals surface area contributed by atoms with Gasteiger partial charge in [0, 0.05) is 0 Å². The number of phosphoric acid groups is 1. The van der Waals surface area contributed by atoms with Gasteiger partial charge in [0.25, 0.3) is 0 Å². The van der Waals surface area contributed by atoms with Crippen molar-refractivity contribution in [2.75, 3.05) is 19.8 Å². The lowest BCUT2D eigenvalue weighted by atomic mass is 9.93. The fourth-order valence-electron chi connectivity index (χ4n) is 4.61. The first-order valence-electron chi connectivity index (χ1n) is 16.7. The third kappa shape index (κ3) is 18.3. The summed E-state index contributed by atoms with van der Waals surface area (Å²) in [5.74, 6) is -1.28. The second-order valence-corrected chi connectivity index (χ2v) is 17.1. The maximum absolute atomic E-state index is 14.2. The third-order valence-electron chi connectivity index (χ3n) is 6.73. The average Bonchev–Trinajstić information content (AvgIpc) is 2.94. The van der Waals surface area contributed by atoms with E-state index < -0.39 is 54.2 Å². The molecule has 0 saturated carbocycles. The lowest BCUT2D eigenvalue weighted by molar-refractivity contribution is -0.274. The van der Waals surface area contributed by atoms with Gasteiger partial charge >= 0.3 is 20.4 Å². The first kappa shape index (κ1) is 45.3. The summed E-state index contributed by atoms with van der Waals surface area (Å²) in [5, 5.41) is 2.83. The lowest BCUT2D eigenvalue weighted by Crippen LogP contribution is -2.51. The second kappa shape index (κ2) is 17.5. The molecule has 0 spiro atoms. The lowest BCUT2D eigenvalue weighted by Gasteiger charge is -2.35. The van der Waals surface area contributed by atoms with Crippen LogP contribution in [-0.4, -0.2) is 54.4 Å². The highest BCUT2D eigenvalue weighted by atomic mass is 31.2. The van der Waals surface area contributed by atoms with E-state index in [1.54, 1.807) is 69.2 Å². The fraction of sp³-hybridized carbons (Fsp3) is 0.639. The van der Waals surface area contributed by atoms with Gasteiger partial charge in [-0.25, -0.2) is 4.57 Å². The molecular formula is C36H52F6NO8P. The molecule has 1 N–H and O–H groups in total. The summed E-state index contributed by atoms with van der Waals surface area (Å²) < 4.78 is 126. The smallest absolute Gasteiger partial charge is 0.493 e. The Bertz CT molecular complexity index is 1480. The summed E-state index contributed by atoms with van der Waals surface area (Å²) >= 11 is 0. The Morgan fingerprint density at radius 2 is 1.31 bits per heavy atom. The van der Waals surface area contributed by atoms with Gasteiger partial charge in [0.2, 0.25) is 5.91 Å². The minimum absolute atomic E-state index is 0.0439. The number of carbonyl (C=O) groups is 1. The molecule has 0 saturated heterocycles. The molecule has 0 heterocycles. The summed E-state index contributed by atoms with van der Waals surface area (Å²) in [6.07, 6.45) is -8.84. The van der Waals surface area contributed by atoms with E-state index in [0.29, 0.717) is 12.0 Å². The van der Waals surface area contributed by atoms with Crippen LogP contribution in [0.3, 0.4) is 0 Å². The molecule has 1 unspecified atom stereocenters. The van der Waals surface area contributed by atoms with E-state index in [9.17, 15) is 35.7 Å². The largest absolute Gasteiger partial charge is 0.573 e. The van der Waals surface area contributed by atoms with Crippen molar-refractivity contribution in [3.8, 4) is 11.5 Å². The molecule has 16 heteroatoms. The molecule has 2 rings (SSSR count). The van der Waals surface area contributed by atoms with Crippen LogP contribution >= 0.6 is 7.82 Å². The van der Waals surface area contributed by atoms with Crippen molar-refractivity contribution in [2.45, 2.75) is 130 Å². The molecule has 1 atom stereocenters. The number of carbonyl (C=O) groups excluding carboxylic acids is 1. The van der Waals surface area contributed by atoms with Crippen LogP contribution in [0.1, 0.15) is 98.8 Å². The zero-order valence-electron chi connectivity index (χ0n) is 31.5. The van der Waals surface area contributed by atoms with Gasteiger partial charge in [-0.3, -0.25) is 18.4 Å². The number of amides is 1. The Morgan fingerprint density at radius 1 is 0.750 bits per heavy atom. The minimum atomic E-state index is -4.82. The molecule has 0 aromatic heterocycles. The summed E-state index contributed by atoms with van der Waals surface area (Å²) in [5.41, 5.74) is -3.81. The maximum Gasteiger partial charge on any atom is 0.573 e. The highest BCUT2D eigenvalue weighted by Gasteiger charge is 2.40. The van der Waals surface area contributed by atoms with Crippen LogP contribution in [0.25, 0.3) is 0 Å². The highest BCUT2D eigenvalue weighted by Crippen LogP contribution is 2.56. The normalized spacial score (nSPS) is 14.5. The molecule has 0 aliphatic heterocycles. The number of hydrogen-bond donors (Lipinski definition) is 1. The van der Waals surface area contributed by atoms with Gasteiger partial charge < -0.3 is 19.5 Å². The number of phosphoric ester groups is 1. The van der Waals surface area contributed by atoms with Gasteiger partial charge in [0.1, 0.15) is 18.1 Å². The quantitative estimate of drug-likeness (QED) is 0.0964. The zero-order valence-corrected chi connectivity index (χ0v) is 32.4. The topological polar surface area (TPSA) is 102 Å². The summed E-state index contributed by atoms with van der Waals surface area (Å²) in [6, 6.07) is 8.85. The van der Waals surface area contributed by atoms with Crippen LogP contribution in [0.2, 0.25) is 0 Å². The minimum Gasteiger partial charge on any atom is -0.493 e. The van der Waals surface area contributed by atoms with Crippen molar-refractivity contribution in [1.82, 2.24) is 5.32 Å². The number of hydrogen-bond acceptors (Lipinski definition) is 8. The zero-order chi connectivity index (χ0) is 39.8. The van der Waals surface area contributed by atoms with E-state index in [-0.39, 0.29) is 56.1 Å². The second-order valence-electron chi connectivity index (χ2n) is 15.6. The van der Waals surface area contributed by atoms with Gasteiger partial charge in [0.15, 0.2) is 0 Å². The van der Waals surface area contributed by atoms with E-state index >= 15 is 0 Å². The highest BCUT2D eigenvalue weighted by molar-refractivity contribution is 7.48. The first-order chi connectivity index (χ1) is 23.5. The first-order valence-corrected chi connectivity index (χ1v) is 18.2. The molecule has 0 aliphatic carbocycles. The molecule has 9 nitrogen and oxygen atoms in total. The summed E-state index contributed by atoms with van der Waals surface area (Å²) in [6.45, 7) is 16.2. The Labute approximate surface area is 302 Å². The number of nitrogens with one attached hydrogen (secondary N) is 1. The molecule has 0 bridgehead atoms. The van der Waals surface area contributed by atoms with E-state index in [1.807, 2.05) is 0 Å². The molecule has 1 amide bonds. The van der Waals surface area contributed by atoms with E-state index in [4.69, 9.17) is 23.0 Å². The molecule has 0 fully saturated rings. The van der Waals surface area contributed by atoms with Gasteiger partial charge in [-0.15, -0.1) is 13.2 Å². The Morgan fingerprint density at radius 3 is 1.81 bits per heavy atom. The van der Waals surface area contributed by atoms with Crippen LogP contribution in [0, 0.1) is 0 Å². The predicted molar refractivity (Wildman–Crippen MR) is 184 cm³/mol. The Hall–Kier alpha value is -2.84. The van der Waals surface area contributed by atoms with Crippen molar-refractivity contribution in [3.63, 3.8) is 0 Å². The summed E-state index contributed by atoms with van der Waals surface area (Å²) in [4.78, 5) is 13.0. The molecule has 0 radical (unpaired) electrons. The Kier molecular flexibility index (Phi) is 15.3. The van der Waals surface area contributed by atoms with Crippen molar-refractivity contribution in [3.05, 3.63) is 59.2 Å². The molecule has 296 valence electrons. The van der Waals surface area contributed by atoms with E-state index in [1.165, 1.54) is 24.3 Å². The monoisotopic (exact) mass is 771 g/mol. The number of halogens is 6. The van der Waals surface area contributed by atoms with Crippen molar-refractivity contribution in [2.24, 2.45) is 0 Å². The van der Waals surface area contributed by atoms with Gasteiger partial charge in [0.05, 0.1) is 41.1 Å². The van der Waals surface area contributed by atoms with Crippen molar-refractivity contribution in [1.29, 1.82) is 0 Å². The summed E-state index contributed by atoms with van der Waals surface area (Å²) in [7, 11) is -4.21. The van der Waals surface area contributed by atoms with Crippen LogP contribution in [0.15, 0.2) is 42.5 Å². The van der Waals surface area contributed by atoms with Crippen molar-refractivity contribution < 1.29 is 63.5 Å². The molecule has 2 aromatic rings. The molecular weight excluding hydrogens is 719 g/mol. The number of ether oxygens (including phenoxy) is 3. The number of benzene rings is 2. The average molecular weight is 772 g/mol. The Balaban J connectivity index is 2.22. The van der Waals surface area contributed by atoms with Gasteiger partial charge in [-0.1, -0.05) is 18.2 Å². The van der Waals surface area contributed by atoms with E-state index in [0.717, 1.165) is 18.2 Å². The predicted octanol–water partition coefficient (Wildman–Crippen LogP) is 9.99. The van der Waals surface area contributed by atoms with Gasteiger partial charge in [-0.05, 0) is 130 Å². The van der Waals surface area contributed by atoms with Crippen LogP contribution < -0.4 is 14.8 Å². The SMILES string of the molecule is CC(CCc1ccc(OCCCc2ccc(OC(F)(F)F)cc2)c(C(F)(F)F)c1)(COP(=O)(OC(C)(C)C)OC(C)(C)C)NC(=O)COC(C)(C)C. The van der Waals surface area contributed by atoms with Crippen LogP contribution in [-0.2, 0) is 46.7 Å². The number of rotatable bonds is 17. The molecule has 0 aliphatic rings.